The van der Waals surface area contributed by atoms with Crippen LogP contribution < -0.4 is 0 Å². The van der Waals surface area contributed by atoms with Crippen molar-refractivity contribution in [2.75, 3.05) is 0 Å². The molecule has 0 spiro atoms. The van der Waals surface area contributed by atoms with E-state index in [0.717, 1.165) is 0 Å². The monoisotopic (exact) mass is 364 g/mol. The smallest absolute Gasteiger partial charge is 0.115 e. The normalized spacial score (nSPS) is 8.77. The molecule has 152 valence electrons. The number of rotatable bonds is 0. The zero-order valence-electron chi connectivity index (χ0n) is 19.4. The predicted octanol–water partition coefficient (Wildman–Crippen LogP) is 7.11. The maximum absolute atomic E-state index is 3.72. The van der Waals surface area contributed by atoms with Gasteiger partial charge in [0.2, 0.25) is 0 Å². The second-order valence-electron chi connectivity index (χ2n) is 7.80. The van der Waals surface area contributed by atoms with Gasteiger partial charge in [-0.1, -0.05) is 83.1 Å². The molecule has 4 heteroatoms. The maximum Gasteiger partial charge on any atom is 0.115 e. The molecular formula is C22H44N4. The maximum atomic E-state index is 3.72. The number of hydrogen-bond acceptors (Lipinski definition) is 4. The summed E-state index contributed by atoms with van der Waals surface area (Å²) in [5.74, 6) is 0. The van der Waals surface area contributed by atoms with Crippen molar-refractivity contribution in [1.82, 2.24) is 19.9 Å². The molecule has 0 aliphatic rings. The van der Waals surface area contributed by atoms with Crippen LogP contribution in [0.3, 0.4) is 0 Å². The van der Waals surface area contributed by atoms with E-state index in [1.165, 1.54) is 6.33 Å². The zero-order valence-corrected chi connectivity index (χ0v) is 19.4. The molecule has 2 aromatic heterocycles. The summed E-state index contributed by atoms with van der Waals surface area (Å²) in [6.07, 6.45) is 11.4. The van der Waals surface area contributed by atoms with Gasteiger partial charge in [0.1, 0.15) is 6.33 Å². The second kappa shape index (κ2) is 23.2. The third kappa shape index (κ3) is 96.1. The van der Waals surface area contributed by atoms with Gasteiger partial charge in [-0.05, 0) is 16.9 Å². The number of hydrogen-bond donors (Lipinski definition) is 0. The summed E-state index contributed by atoms with van der Waals surface area (Å²) in [5, 5.41) is 0. The van der Waals surface area contributed by atoms with Crippen LogP contribution in [0.15, 0.2) is 49.6 Å². The van der Waals surface area contributed by atoms with Crippen LogP contribution in [0, 0.1) is 10.8 Å². The minimum absolute atomic E-state index is 0.500. The van der Waals surface area contributed by atoms with Crippen molar-refractivity contribution < 1.29 is 0 Å². The fraction of sp³-hybridized carbons (Fsp3) is 0.636. The Morgan fingerprint density at radius 1 is 0.423 bits per heavy atom. The Labute approximate surface area is 164 Å². The van der Waals surface area contributed by atoms with E-state index in [4.69, 9.17) is 0 Å². The van der Waals surface area contributed by atoms with Crippen molar-refractivity contribution in [3.05, 3.63) is 49.6 Å². The molecule has 0 aliphatic heterocycles. The van der Waals surface area contributed by atoms with Crippen LogP contribution in [0.1, 0.15) is 83.1 Å². The van der Waals surface area contributed by atoms with Gasteiger partial charge in [-0.3, -0.25) is 9.97 Å². The molecule has 0 unspecified atom stereocenters. The van der Waals surface area contributed by atoms with Gasteiger partial charge in [0.15, 0.2) is 0 Å². The van der Waals surface area contributed by atoms with Gasteiger partial charge >= 0.3 is 0 Å². The number of nitrogens with zero attached hydrogens (tertiary/aromatic N) is 4. The van der Waals surface area contributed by atoms with E-state index in [-0.39, 0.29) is 0 Å². The third-order valence-corrected chi connectivity index (χ3v) is 0.955. The lowest BCUT2D eigenvalue weighted by Crippen LogP contribution is -1.93. The first-order valence-electron chi connectivity index (χ1n) is 9.40. The summed E-state index contributed by atoms with van der Waals surface area (Å²) in [4.78, 5) is 14.8. The molecule has 0 saturated carbocycles. The van der Waals surface area contributed by atoms with Crippen LogP contribution in [-0.2, 0) is 0 Å². The van der Waals surface area contributed by atoms with Gasteiger partial charge in [0.25, 0.3) is 0 Å². The van der Waals surface area contributed by atoms with E-state index in [1.54, 1.807) is 43.2 Å². The Bertz CT molecular complexity index is 308. The molecule has 4 nitrogen and oxygen atoms in total. The molecular weight excluding hydrogens is 320 g/mol. The molecule has 2 heterocycles. The summed E-state index contributed by atoms with van der Waals surface area (Å²) in [6.45, 7) is 25.5. The first kappa shape index (κ1) is 31.9. The fourth-order valence-electron chi connectivity index (χ4n) is 0.507. The SMILES string of the molecule is CC.CC.CC(C)(C)C.CC(C)(C)C.c1cnccn1.c1cncnc1. The van der Waals surface area contributed by atoms with Crippen LogP contribution in [0.2, 0.25) is 0 Å². The van der Waals surface area contributed by atoms with Crippen molar-refractivity contribution >= 4 is 0 Å². The highest BCUT2D eigenvalue weighted by molar-refractivity contribution is 4.74. The lowest BCUT2D eigenvalue weighted by molar-refractivity contribution is 0.469. The minimum atomic E-state index is 0.500. The van der Waals surface area contributed by atoms with E-state index >= 15 is 0 Å². The Kier molecular flexibility index (Phi) is 28.4. The fourth-order valence-corrected chi connectivity index (χ4v) is 0.507. The molecule has 0 fully saturated rings. The zero-order chi connectivity index (χ0) is 21.5. The molecule has 0 amide bonds. The van der Waals surface area contributed by atoms with E-state index in [0.29, 0.717) is 10.8 Å². The van der Waals surface area contributed by atoms with Gasteiger partial charge in [0.05, 0.1) is 0 Å². The van der Waals surface area contributed by atoms with Crippen LogP contribution in [0.5, 0.6) is 0 Å². The van der Waals surface area contributed by atoms with Gasteiger partial charge < -0.3 is 0 Å². The molecule has 2 rings (SSSR count). The van der Waals surface area contributed by atoms with Crippen LogP contribution in [0.25, 0.3) is 0 Å². The molecule has 0 N–H and O–H groups in total. The lowest BCUT2D eigenvalue weighted by atomic mass is 10.0. The molecule has 0 aromatic carbocycles. The highest BCUT2D eigenvalue weighted by Crippen LogP contribution is 2.08. The summed E-state index contributed by atoms with van der Waals surface area (Å²) in [5.41, 5.74) is 1.00. The largest absolute Gasteiger partial charge is 0.262 e. The van der Waals surface area contributed by atoms with Crippen molar-refractivity contribution in [1.29, 1.82) is 0 Å². The lowest BCUT2D eigenvalue weighted by Gasteiger charge is -2.05. The average molecular weight is 365 g/mol. The summed E-state index contributed by atoms with van der Waals surface area (Å²) >= 11 is 0. The molecule has 0 radical (unpaired) electrons. The molecule has 0 atom stereocenters. The number of aromatic nitrogens is 4. The van der Waals surface area contributed by atoms with Gasteiger partial charge in [-0.15, -0.1) is 0 Å². The standard InChI is InChI=1S/2C5H12.2C4H4N2.2C2H6/c2*1-5(2,3)4;1-2-6-4-3-5-1;1-2-5-4-6-3-1;2*1-2/h2*1-4H3;2*1-4H;2*1-2H3. The third-order valence-electron chi connectivity index (χ3n) is 0.955. The summed E-state index contributed by atoms with van der Waals surface area (Å²) in [6, 6.07) is 1.78. The highest BCUT2D eigenvalue weighted by Gasteiger charge is 1.96. The molecule has 2 aromatic rings. The van der Waals surface area contributed by atoms with Crippen molar-refractivity contribution in [2.24, 2.45) is 10.8 Å². The van der Waals surface area contributed by atoms with Gasteiger partial charge in [0, 0.05) is 37.2 Å². The first-order chi connectivity index (χ1) is 12.0. The molecule has 26 heavy (non-hydrogen) atoms. The molecule has 0 bridgehead atoms. The van der Waals surface area contributed by atoms with Gasteiger partial charge in [-0.25, -0.2) is 9.97 Å². The van der Waals surface area contributed by atoms with E-state index in [1.807, 2.05) is 27.7 Å². The van der Waals surface area contributed by atoms with E-state index < -0.39 is 0 Å². The Hall–Kier alpha value is -1.84. The van der Waals surface area contributed by atoms with E-state index in [2.05, 4.69) is 75.3 Å². The second-order valence-corrected chi connectivity index (χ2v) is 7.80. The predicted molar refractivity (Wildman–Crippen MR) is 117 cm³/mol. The summed E-state index contributed by atoms with van der Waals surface area (Å²) < 4.78 is 0. The topological polar surface area (TPSA) is 51.6 Å². The summed E-state index contributed by atoms with van der Waals surface area (Å²) in [7, 11) is 0. The van der Waals surface area contributed by atoms with Crippen LogP contribution in [-0.4, -0.2) is 19.9 Å². The van der Waals surface area contributed by atoms with Crippen molar-refractivity contribution in [3.63, 3.8) is 0 Å². The average Bonchev–Trinajstić information content (AvgIpc) is 2.59. The molecule has 0 saturated heterocycles. The van der Waals surface area contributed by atoms with Crippen molar-refractivity contribution in [2.45, 2.75) is 83.1 Å². The Morgan fingerprint density at radius 3 is 0.731 bits per heavy atom. The van der Waals surface area contributed by atoms with Crippen LogP contribution >= 0.6 is 0 Å². The Balaban J connectivity index is -0.000000117. The van der Waals surface area contributed by atoms with Gasteiger partial charge in [-0.2, -0.15) is 0 Å². The van der Waals surface area contributed by atoms with Crippen LogP contribution in [0.4, 0.5) is 0 Å². The van der Waals surface area contributed by atoms with E-state index in [9.17, 15) is 0 Å². The highest BCUT2D eigenvalue weighted by atomic mass is 14.8. The molecule has 0 aliphatic carbocycles. The first-order valence-corrected chi connectivity index (χ1v) is 9.40. The van der Waals surface area contributed by atoms with Crippen molar-refractivity contribution in [3.8, 4) is 0 Å². The minimum Gasteiger partial charge on any atom is -0.262 e. The Morgan fingerprint density at radius 2 is 0.654 bits per heavy atom. The quantitative estimate of drug-likeness (QED) is 0.499.